The zero-order chi connectivity index (χ0) is 12.0. The second kappa shape index (κ2) is 6.36. The molecule has 16 heavy (non-hydrogen) atoms. The van der Waals surface area contributed by atoms with Crippen LogP contribution in [0.3, 0.4) is 0 Å². The lowest BCUT2D eigenvalue weighted by atomic mass is 9.89. The minimum atomic E-state index is -1.09. The number of rotatable bonds is 7. The molecule has 94 valence electrons. The molecular formula is C13H24O3. The fraction of sp³-hybridized carbons (Fsp3) is 0.923. The third-order valence-corrected chi connectivity index (χ3v) is 3.64. The smallest absolute Gasteiger partial charge is 0.164 e. The van der Waals surface area contributed by atoms with E-state index in [2.05, 4.69) is 0 Å². The molecule has 1 aliphatic rings. The summed E-state index contributed by atoms with van der Waals surface area (Å²) in [6.07, 6.45) is 5.93. The Hall–Kier alpha value is -0.410. The fourth-order valence-electron chi connectivity index (χ4n) is 2.24. The van der Waals surface area contributed by atoms with Crippen molar-refractivity contribution >= 4 is 5.78 Å². The maximum atomic E-state index is 11.8. The van der Waals surface area contributed by atoms with Gasteiger partial charge in [0.1, 0.15) is 5.60 Å². The molecule has 0 aromatic heterocycles. The van der Waals surface area contributed by atoms with Crippen LogP contribution >= 0.6 is 0 Å². The largest absolute Gasteiger partial charge is 0.382 e. The molecule has 0 radical (unpaired) electrons. The molecule has 1 aliphatic heterocycles. The molecule has 1 unspecified atom stereocenters. The molecule has 0 aromatic carbocycles. The van der Waals surface area contributed by atoms with Gasteiger partial charge < -0.3 is 9.84 Å². The third-order valence-electron chi connectivity index (χ3n) is 3.64. The maximum Gasteiger partial charge on any atom is 0.164 e. The van der Waals surface area contributed by atoms with E-state index in [1.807, 2.05) is 13.8 Å². The van der Waals surface area contributed by atoms with Gasteiger partial charge in [0, 0.05) is 13.0 Å². The van der Waals surface area contributed by atoms with Crippen molar-refractivity contribution in [1.29, 1.82) is 0 Å². The molecule has 3 nitrogen and oxygen atoms in total. The van der Waals surface area contributed by atoms with Crippen LogP contribution in [0.1, 0.15) is 58.8 Å². The van der Waals surface area contributed by atoms with E-state index in [9.17, 15) is 9.90 Å². The van der Waals surface area contributed by atoms with Gasteiger partial charge in [0.25, 0.3) is 0 Å². The van der Waals surface area contributed by atoms with Gasteiger partial charge in [-0.05, 0) is 38.5 Å². The molecule has 0 aromatic rings. The molecule has 0 spiro atoms. The molecule has 0 bridgehead atoms. The number of ether oxygens (including phenoxy) is 1. The average Bonchev–Trinajstić information content (AvgIpc) is 2.80. The van der Waals surface area contributed by atoms with Crippen molar-refractivity contribution in [2.45, 2.75) is 70.5 Å². The number of hydrogen-bond acceptors (Lipinski definition) is 3. The summed E-state index contributed by atoms with van der Waals surface area (Å²) in [6, 6.07) is 0. The van der Waals surface area contributed by atoms with Gasteiger partial charge >= 0.3 is 0 Å². The molecular weight excluding hydrogens is 204 g/mol. The van der Waals surface area contributed by atoms with Crippen molar-refractivity contribution in [2.24, 2.45) is 0 Å². The number of Topliss-reactive ketones (excluding diaryl/α,β-unsaturated/α-hetero) is 1. The molecule has 0 aliphatic carbocycles. The van der Waals surface area contributed by atoms with Gasteiger partial charge in [-0.25, -0.2) is 0 Å². The first kappa shape index (κ1) is 13.7. The molecule has 1 heterocycles. The predicted molar refractivity (Wildman–Crippen MR) is 63.4 cm³/mol. The quantitative estimate of drug-likeness (QED) is 0.728. The van der Waals surface area contributed by atoms with Crippen molar-refractivity contribution in [3.05, 3.63) is 0 Å². The number of aliphatic hydroxyl groups is 1. The third kappa shape index (κ3) is 3.56. The van der Waals surface area contributed by atoms with E-state index >= 15 is 0 Å². The molecule has 1 atom stereocenters. The Bertz CT molecular complexity index is 215. The van der Waals surface area contributed by atoms with Crippen LogP contribution in [0, 0.1) is 0 Å². The van der Waals surface area contributed by atoms with E-state index in [1.54, 1.807) is 0 Å². The average molecular weight is 228 g/mol. The highest BCUT2D eigenvalue weighted by Gasteiger charge is 2.30. The monoisotopic (exact) mass is 228 g/mol. The summed E-state index contributed by atoms with van der Waals surface area (Å²) in [4.78, 5) is 11.8. The topological polar surface area (TPSA) is 46.5 Å². The first-order valence-electron chi connectivity index (χ1n) is 6.49. The highest BCUT2D eigenvalue weighted by atomic mass is 16.5. The van der Waals surface area contributed by atoms with Crippen molar-refractivity contribution in [3.8, 4) is 0 Å². The van der Waals surface area contributed by atoms with Crippen LogP contribution in [0.15, 0.2) is 0 Å². The minimum Gasteiger partial charge on any atom is -0.382 e. The maximum absolute atomic E-state index is 11.8. The molecule has 0 amide bonds. The number of carbonyl (C=O) groups excluding carboxylic acids is 1. The van der Waals surface area contributed by atoms with Crippen molar-refractivity contribution in [2.75, 3.05) is 6.61 Å². The predicted octanol–water partition coefficient (Wildman–Crippen LogP) is 2.46. The summed E-state index contributed by atoms with van der Waals surface area (Å²) in [5, 5.41) is 10.0. The summed E-state index contributed by atoms with van der Waals surface area (Å²) in [6.45, 7) is 4.59. The number of hydrogen-bond donors (Lipinski definition) is 1. The zero-order valence-electron chi connectivity index (χ0n) is 10.5. The number of carbonyl (C=O) groups is 1. The van der Waals surface area contributed by atoms with Crippen molar-refractivity contribution in [3.63, 3.8) is 0 Å². The lowest BCUT2D eigenvalue weighted by molar-refractivity contribution is -0.138. The Morgan fingerprint density at radius 1 is 1.44 bits per heavy atom. The summed E-state index contributed by atoms with van der Waals surface area (Å²) in [7, 11) is 0. The molecule has 1 rings (SSSR count). The Labute approximate surface area is 98.2 Å². The van der Waals surface area contributed by atoms with Crippen molar-refractivity contribution < 1.29 is 14.6 Å². The van der Waals surface area contributed by atoms with Gasteiger partial charge in [0.2, 0.25) is 0 Å². The van der Waals surface area contributed by atoms with Gasteiger partial charge in [-0.2, -0.15) is 0 Å². The van der Waals surface area contributed by atoms with Crippen LogP contribution in [-0.2, 0) is 9.53 Å². The highest BCUT2D eigenvalue weighted by molar-refractivity contribution is 5.86. The van der Waals surface area contributed by atoms with Gasteiger partial charge in [-0.15, -0.1) is 0 Å². The van der Waals surface area contributed by atoms with E-state index in [-0.39, 0.29) is 5.78 Å². The molecule has 0 saturated carbocycles. The van der Waals surface area contributed by atoms with Crippen molar-refractivity contribution in [1.82, 2.24) is 0 Å². The SMILES string of the molecule is CCC(O)(CC)C(=O)CCCC1CCCO1. The fourth-order valence-corrected chi connectivity index (χ4v) is 2.24. The summed E-state index contributed by atoms with van der Waals surface area (Å²) < 4.78 is 5.50. The molecule has 1 saturated heterocycles. The first-order chi connectivity index (χ1) is 7.62. The van der Waals surface area contributed by atoms with Gasteiger partial charge in [-0.3, -0.25) is 4.79 Å². The first-order valence-corrected chi connectivity index (χ1v) is 6.49. The molecule has 3 heteroatoms. The normalized spacial score (nSPS) is 21.3. The summed E-state index contributed by atoms with van der Waals surface area (Å²) >= 11 is 0. The van der Waals surface area contributed by atoms with Gasteiger partial charge in [0.05, 0.1) is 6.10 Å². The van der Waals surface area contributed by atoms with Crippen LogP contribution < -0.4 is 0 Å². The van der Waals surface area contributed by atoms with E-state index < -0.39 is 5.60 Å². The second-order valence-electron chi connectivity index (χ2n) is 4.69. The van der Waals surface area contributed by atoms with Gasteiger partial charge in [-0.1, -0.05) is 13.8 Å². The standard InChI is InChI=1S/C13H24O3/c1-3-13(15,4-2)12(14)9-5-7-11-8-6-10-16-11/h11,15H,3-10H2,1-2H3. The zero-order valence-corrected chi connectivity index (χ0v) is 10.5. The number of ketones is 1. The highest BCUT2D eigenvalue weighted by Crippen LogP contribution is 2.22. The van der Waals surface area contributed by atoms with Crippen LogP contribution in [0.4, 0.5) is 0 Å². The minimum absolute atomic E-state index is 0.00417. The molecule has 1 fully saturated rings. The lowest BCUT2D eigenvalue weighted by Gasteiger charge is -2.23. The Balaban J connectivity index is 2.23. The summed E-state index contributed by atoms with van der Waals surface area (Å²) in [5.41, 5.74) is -1.09. The van der Waals surface area contributed by atoms with Crippen LogP contribution in [-0.4, -0.2) is 29.2 Å². The summed E-state index contributed by atoms with van der Waals surface area (Å²) in [5.74, 6) is -0.00417. The van der Waals surface area contributed by atoms with Gasteiger partial charge in [0.15, 0.2) is 5.78 Å². The van der Waals surface area contributed by atoms with E-state index in [0.29, 0.717) is 25.4 Å². The molecule has 1 N–H and O–H groups in total. The van der Waals surface area contributed by atoms with Crippen LogP contribution in [0.2, 0.25) is 0 Å². The second-order valence-corrected chi connectivity index (χ2v) is 4.69. The lowest BCUT2D eigenvalue weighted by Crippen LogP contribution is -2.37. The Morgan fingerprint density at radius 2 is 2.12 bits per heavy atom. The van der Waals surface area contributed by atoms with Crippen LogP contribution in [0.25, 0.3) is 0 Å². The van der Waals surface area contributed by atoms with Crippen LogP contribution in [0.5, 0.6) is 0 Å². The van der Waals surface area contributed by atoms with E-state index in [1.165, 1.54) is 0 Å². The Kier molecular flexibility index (Phi) is 5.42. The Morgan fingerprint density at radius 3 is 2.62 bits per heavy atom. The van der Waals surface area contributed by atoms with E-state index in [0.717, 1.165) is 32.3 Å². The van der Waals surface area contributed by atoms with E-state index in [4.69, 9.17) is 4.74 Å².